The molecule has 0 bridgehead atoms. The van der Waals surface area contributed by atoms with Crippen LogP contribution in [0, 0.1) is 0 Å². The van der Waals surface area contributed by atoms with E-state index < -0.39 is 0 Å². The van der Waals surface area contributed by atoms with E-state index in [1.54, 1.807) is 4.90 Å². The summed E-state index contributed by atoms with van der Waals surface area (Å²) >= 11 is 0. The molecule has 1 aliphatic heterocycles. The maximum atomic E-state index is 11.8. The first-order valence-corrected chi connectivity index (χ1v) is 4.73. The molecule has 1 saturated heterocycles. The largest absolute Gasteiger partial charge is 0.394 e. The monoisotopic (exact) mass is 195 g/mol. The van der Waals surface area contributed by atoms with E-state index in [4.69, 9.17) is 5.11 Å². The third-order valence-corrected chi connectivity index (χ3v) is 2.58. The molecular weight excluding hydrogens is 182 g/mol. The Kier molecular flexibility index (Phi) is 2.49. The number of carbonyl (C=O) groups is 1. The fourth-order valence-electron chi connectivity index (χ4n) is 1.82. The van der Waals surface area contributed by atoms with Gasteiger partial charge in [0.25, 0.3) is 5.91 Å². The molecule has 0 radical (unpaired) electrons. The van der Waals surface area contributed by atoms with Crippen LogP contribution in [0.2, 0.25) is 0 Å². The van der Waals surface area contributed by atoms with Crippen molar-refractivity contribution in [3.63, 3.8) is 0 Å². The second-order valence-corrected chi connectivity index (χ2v) is 3.44. The van der Waals surface area contributed by atoms with E-state index in [0.717, 1.165) is 19.4 Å². The number of amides is 1. The van der Waals surface area contributed by atoms with E-state index >= 15 is 0 Å². The number of aromatic nitrogens is 2. The van der Waals surface area contributed by atoms with Crippen LogP contribution in [0.25, 0.3) is 0 Å². The third kappa shape index (κ3) is 1.50. The van der Waals surface area contributed by atoms with Crippen molar-refractivity contribution < 1.29 is 9.90 Å². The molecule has 0 aromatic carbocycles. The maximum Gasteiger partial charge on any atom is 0.272 e. The van der Waals surface area contributed by atoms with E-state index in [2.05, 4.69) is 9.97 Å². The Bertz CT molecular complexity index is 310. The molecule has 1 aromatic rings. The Balaban J connectivity index is 2.11. The number of hydrogen-bond acceptors (Lipinski definition) is 3. The fourth-order valence-corrected chi connectivity index (χ4v) is 1.82. The van der Waals surface area contributed by atoms with Crippen LogP contribution < -0.4 is 0 Å². The highest BCUT2D eigenvalue weighted by atomic mass is 16.3. The molecule has 0 spiro atoms. The topological polar surface area (TPSA) is 69.2 Å². The van der Waals surface area contributed by atoms with Crippen LogP contribution in [0.3, 0.4) is 0 Å². The van der Waals surface area contributed by atoms with Gasteiger partial charge in [0.15, 0.2) is 0 Å². The molecule has 1 unspecified atom stereocenters. The van der Waals surface area contributed by atoms with Gasteiger partial charge in [-0.15, -0.1) is 0 Å². The van der Waals surface area contributed by atoms with Gasteiger partial charge >= 0.3 is 0 Å². The zero-order valence-electron chi connectivity index (χ0n) is 7.81. The lowest BCUT2D eigenvalue weighted by atomic mass is 10.2. The van der Waals surface area contributed by atoms with E-state index in [1.165, 1.54) is 12.5 Å². The predicted octanol–water partition coefficient (Wildman–Crippen LogP) is 0.00660. The molecule has 2 rings (SSSR count). The lowest BCUT2D eigenvalue weighted by molar-refractivity contribution is 0.0672. The van der Waals surface area contributed by atoms with Crippen LogP contribution >= 0.6 is 0 Å². The first-order chi connectivity index (χ1) is 6.83. The molecule has 0 saturated carbocycles. The molecule has 1 aliphatic rings. The molecule has 5 heteroatoms. The van der Waals surface area contributed by atoms with Gasteiger partial charge in [0.05, 0.1) is 25.2 Å². The molecule has 1 fully saturated rings. The van der Waals surface area contributed by atoms with Crippen molar-refractivity contribution in [1.82, 2.24) is 14.9 Å². The molecule has 14 heavy (non-hydrogen) atoms. The summed E-state index contributed by atoms with van der Waals surface area (Å²) in [5.41, 5.74) is 0.491. The van der Waals surface area contributed by atoms with Crippen LogP contribution in [0.4, 0.5) is 0 Å². The molecule has 0 aliphatic carbocycles. The van der Waals surface area contributed by atoms with E-state index in [-0.39, 0.29) is 18.6 Å². The fraction of sp³-hybridized carbons (Fsp3) is 0.556. The van der Waals surface area contributed by atoms with Crippen LogP contribution in [0.1, 0.15) is 23.3 Å². The summed E-state index contributed by atoms with van der Waals surface area (Å²) in [4.78, 5) is 20.1. The Morgan fingerprint density at radius 1 is 1.79 bits per heavy atom. The van der Waals surface area contributed by atoms with Crippen LogP contribution in [-0.4, -0.2) is 45.1 Å². The number of aliphatic hydroxyl groups excluding tert-OH is 1. The molecule has 76 valence electrons. The van der Waals surface area contributed by atoms with Gasteiger partial charge in [0.1, 0.15) is 5.69 Å². The number of carbonyl (C=O) groups excluding carboxylic acids is 1. The summed E-state index contributed by atoms with van der Waals surface area (Å²) in [5, 5.41) is 9.06. The van der Waals surface area contributed by atoms with Crippen LogP contribution in [0.5, 0.6) is 0 Å². The highest BCUT2D eigenvalue weighted by Gasteiger charge is 2.29. The summed E-state index contributed by atoms with van der Waals surface area (Å²) in [6, 6.07) is -0.0224. The Morgan fingerprint density at radius 2 is 2.64 bits per heavy atom. The minimum Gasteiger partial charge on any atom is -0.394 e. The first kappa shape index (κ1) is 9.21. The molecule has 1 atom stereocenters. The van der Waals surface area contributed by atoms with Gasteiger partial charge < -0.3 is 15.0 Å². The van der Waals surface area contributed by atoms with Crippen molar-refractivity contribution in [2.75, 3.05) is 13.2 Å². The van der Waals surface area contributed by atoms with Crippen molar-refractivity contribution in [3.05, 3.63) is 18.2 Å². The number of aromatic amines is 1. The van der Waals surface area contributed by atoms with Gasteiger partial charge in [-0.05, 0) is 12.8 Å². The minimum atomic E-state index is -0.0703. The SMILES string of the molecule is O=C(c1cnc[nH]1)N1CCCC1CO. The maximum absolute atomic E-state index is 11.8. The average molecular weight is 195 g/mol. The van der Waals surface area contributed by atoms with Gasteiger partial charge in [0.2, 0.25) is 0 Å². The van der Waals surface area contributed by atoms with Crippen molar-refractivity contribution in [1.29, 1.82) is 0 Å². The quantitative estimate of drug-likeness (QED) is 0.698. The lowest BCUT2D eigenvalue weighted by Crippen LogP contribution is -2.37. The number of nitrogens with zero attached hydrogens (tertiary/aromatic N) is 2. The minimum absolute atomic E-state index is 0.0224. The lowest BCUT2D eigenvalue weighted by Gasteiger charge is -2.21. The van der Waals surface area contributed by atoms with Crippen LogP contribution in [0.15, 0.2) is 12.5 Å². The van der Waals surface area contributed by atoms with Gasteiger partial charge in [0, 0.05) is 6.54 Å². The zero-order valence-corrected chi connectivity index (χ0v) is 7.81. The summed E-state index contributed by atoms with van der Waals surface area (Å²) in [5.74, 6) is -0.0703. The van der Waals surface area contributed by atoms with Gasteiger partial charge in [-0.1, -0.05) is 0 Å². The van der Waals surface area contributed by atoms with E-state index in [0.29, 0.717) is 5.69 Å². The Hall–Kier alpha value is -1.36. The number of H-pyrrole nitrogens is 1. The number of aliphatic hydroxyl groups is 1. The number of likely N-dealkylation sites (tertiary alicyclic amines) is 1. The smallest absolute Gasteiger partial charge is 0.272 e. The van der Waals surface area contributed by atoms with E-state index in [1.807, 2.05) is 0 Å². The van der Waals surface area contributed by atoms with Crippen molar-refractivity contribution in [3.8, 4) is 0 Å². The average Bonchev–Trinajstić information content (AvgIpc) is 2.87. The molecule has 1 aromatic heterocycles. The van der Waals surface area contributed by atoms with Crippen LogP contribution in [-0.2, 0) is 0 Å². The second kappa shape index (κ2) is 3.79. The molecular formula is C9H13N3O2. The van der Waals surface area contributed by atoms with Crippen molar-refractivity contribution >= 4 is 5.91 Å². The summed E-state index contributed by atoms with van der Waals surface area (Å²) in [7, 11) is 0. The molecule has 1 amide bonds. The van der Waals surface area contributed by atoms with Crippen molar-refractivity contribution in [2.45, 2.75) is 18.9 Å². The molecule has 5 nitrogen and oxygen atoms in total. The zero-order chi connectivity index (χ0) is 9.97. The number of rotatable bonds is 2. The Labute approximate surface area is 81.8 Å². The number of nitrogens with one attached hydrogen (secondary N) is 1. The Morgan fingerprint density at radius 3 is 3.29 bits per heavy atom. The summed E-state index contributed by atoms with van der Waals surface area (Å²) < 4.78 is 0. The molecule has 2 heterocycles. The number of imidazole rings is 1. The second-order valence-electron chi connectivity index (χ2n) is 3.44. The number of hydrogen-bond donors (Lipinski definition) is 2. The van der Waals surface area contributed by atoms with Gasteiger partial charge in [-0.2, -0.15) is 0 Å². The van der Waals surface area contributed by atoms with E-state index in [9.17, 15) is 4.79 Å². The highest BCUT2D eigenvalue weighted by molar-refractivity contribution is 5.92. The third-order valence-electron chi connectivity index (χ3n) is 2.58. The normalized spacial score (nSPS) is 21.5. The first-order valence-electron chi connectivity index (χ1n) is 4.73. The summed E-state index contributed by atoms with van der Waals surface area (Å²) in [6.45, 7) is 0.767. The predicted molar refractivity (Wildman–Crippen MR) is 49.7 cm³/mol. The van der Waals surface area contributed by atoms with Crippen molar-refractivity contribution in [2.24, 2.45) is 0 Å². The molecule has 2 N–H and O–H groups in total. The highest BCUT2D eigenvalue weighted by Crippen LogP contribution is 2.18. The van der Waals surface area contributed by atoms with Gasteiger partial charge in [-0.3, -0.25) is 4.79 Å². The van der Waals surface area contributed by atoms with Gasteiger partial charge in [-0.25, -0.2) is 4.98 Å². The standard InChI is InChI=1S/C9H13N3O2/c13-5-7-2-1-3-12(7)9(14)8-4-10-6-11-8/h4,6-7,13H,1-3,5H2,(H,10,11). The summed E-state index contributed by atoms with van der Waals surface area (Å²) in [6.07, 6.45) is 4.84.